The van der Waals surface area contributed by atoms with Crippen LogP contribution in [0, 0.1) is 12.7 Å². The summed E-state index contributed by atoms with van der Waals surface area (Å²) >= 11 is 1.74. The lowest BCUT2D eigenvalue weighted by atomic mass is 9.97. The second-order valence-corrected chi connectivity index (χ2v) is 8.52. The molecular formula is C22H20FN5OS. The number of rotatable bonds is 3. The van der Waals surface area contributed by atoms with Crippen LogP contribution in [0.2, 0.25) is 0 Å². The fourth-order valence-electron chi connectivity index (χ4n) is 3.84. The highest BCUT2D eigenvalue weighted by atomic mass is 32.1. The maximum absolute atomic E-state index is 13.2. The number of aromatic nitrogens is 4. The van der Waals surface area contributed by atoms with E-state index < -0.39 is 0 Å². The first-order chi connectivity index (χ1) is 14.6. The Morgan fingerprint density at radius 2 is 1.80 bits per heavy atom. The number of carbonyl (C=O) groups excluding carboxylic acids is 1. The third-order valence-electron chi connectivity index (χ3n) is 5.47. The summed E-state index contributed by atoms with van der Waals surface area (Å²) in [5.74, 6) is 0.660. The third kappa shape index (κ3) is 3.47. The summed E-state index contributed by atoms with van der Waals surface area (Å²) in [6.45, 7) is 3.10. The zero-order valence-electron chi connectivity index (χ0n) is 16.5. The van der Waals surface area contributed by atoms with Gasteiger partial charge in [-0.2, -0.15) is 0 Å². The van der Waals surface area contributed by atoms with Crippen molar-refractivity contribution in [1.82, 2.24) is 24.6 Å². The van der Waals surface area contributed by atoms with Crippen LogP contribution in [-0.4, -0.2) is 43.6 Å². The van der Waals surface area contributed by atoms with Gasteiger partial charge in [0.1, 0.15) is 11.6 Å². The molecule has 5 rings (SSSR count). The molecule has 0 unspecified atom stereocenters. The minimum Gasteiger partial charge on any atom is -0.336 e. The molecule has 8 heteroatoms. The highest BCUT2D eigenvalue weighted by molar-refractivity contribution is 7.18. The molecule has 2 aromatic carbocycles. The third-order valence-corrected chi connectivity index (χ3v) is 6.67. The van der Waals surface area contributed by atoms with Gasteiger partial charge in [-0.25, -0.2) is 19.0 Å². The molecule has 0 saturated carbocycles. The van der Waals surface area contributed by atoms with E-state index >= 15 is 0 Å². The number of para-hydroxylation sites is 1. The van der Waals surface area contributed by atoms with Gasteiger partial charge in [-0.15, -0.1) is 16.4 Å². The van der Waals surface area contributed by atoms with Gasteiger partial charge in [0, 0.05) is 19.0 Å². The Labute approximate surface area is 177 Å². The number of hydrogen-bond acceptors (Lipinski definition) is 5. The van der Waals surface area contributed by atoms with E-state index in [0.717, 1.165) is 23.4 Å². The van der Waals surface area contributed by atoms with E-state index in [0.29, 0.717) is 30.5 Å². The highest BCUT2D eigenvalue weighted by Crippen LogP contribution is 2.34. The van der Waals surface area contributed by atoms with E-state index in [1.165, 1.54) is 16.8 Å². The Hall–Kier alpha value is -3.13. The molecule has 3 heterocycles. The van der Waals surface area contributed by atoms with Crippen LogP contribution in [0.15, 0.2) is 48.5 Å². The predicted molar refractivity (Wildman–Crippen MR) is 114 cm³/mol. The van der Waals surface area contributed by atoms with Crippen LogP contribution in [0.3, 0.4) is 0 Å². The van der Waals surface area contributed by atoms with E-state index in [1.54, 1.807) is 35.1 Å². The molecule has 0 bridgehead atoms. The van der Waals surface area contributed by atoms with Gasteiger partial charge in [-0.05, 0) is 56.2 Å². The maximum Gasteiger partial charge on any atom is 0.293 e. The average Bonchev–Trinajstić information content (AvgIpc) is 3.38. The Balaban J connectivity index is 1.29. The molecule has 152 valence electrons. The molecule has 1 amide bonds. The SMILES string of the molecule is Cc1nc(C(=O)N2CCC(c3nc4ccccc4s3)CC2)nn1-c1ccc(F)cc1. The van der Waals surface area contributed by atoms with Crippen molar-refractivity contribution in [1.29, 1.82) is 0 Å². The van der Waals surface area contributed by atoms with E-state index in [9.17, 15) is 9.18 Å². The minimum absolute atomic E-state index is 0.165. The first-order valence-corrected chi connectivity index (χ1v) is 10.7. The number of likely N-dealkylation sites (tertiary alicyclic amines) is 1. The lowest BCUT2D eigenvalue weighted by Gasteiger charge is -2.30. The Bertz CT molecular complexity index is 1170. The van der Waals surface area contributed by atoms with E-state index in [4.69, 9.17) is 4.98 Å². The van der Waals surface area contributed by atoms with E-state index in [2.05, 4.69) is 16.1 Å². The molecular weight excluding hydrogens is 401 g/mol. The van der Waals surface area contributed by atoms with Gasteiger partial charge >= 0.3 is 0 Å². The lowest BCUT2D eigenvalue weighted by molar-refractivity contribution is 0.0700. The molecule has 0 spiro atoms. The van der Waals surface area contributed by atoms with Crippen molar-refractivity contribution in [3.63, 3.8) is 0 Å². The number of nitrogens with zero attached hydrogens (tertiary/aromatic N) is 5. The van der Waals surface area contributed by atoms with Crippen LogP contribution in [0.5, 0.6) is 0 Å². The number of amides is 1. The molecule has 30 heavy (non-hydrogen) atoms. The normalized spacial score (nSPS) is 15.1. The molecule has 0 atom stereocenters. The first kappa shape index (κ1) is 18.9. The zero-order valence-corrected chi connectivity index (χ0v) is 17.3. The van der Waals surface area contributed by atoms with Gasteiger partial charge in [-0.1, -0.05) is 12.1 Å². The summed E-state index contributed by atoms with van der Waals surface area (Å²) in [4.78, 5) is 23.9. The van der Waals surface area contributed by atoms with Gasteiger partial charge in [-0.3, -0.25) is 4.79 Å². The summed E-state index contributed by atoms with van der Waals surface area (Å²) in [7, 11) is 0. The second-order valence-electron chi connectivity index (χ2n) is 7.46. The first-order valence-electron chi connectivity index (χ1n) is 9.93. The van der Waals surface area contributed by atoms with E-state index in [1.807, 2.05) is 23.1 Å². The standard InChI is InChI=1S/C22H20FN5OS/c1-14-24-20(26-28(14)17-8-6-16(23)7-9-17)22(29)27-12-10-15(11-13-27)21-25-18-4-2-3-5-19(18)30-21/h2-9,15H,10-13H2,1H3. The van der Waals surface area contributed by atoms with Crippen molar-refractivity contribution in [2.24, 2.45) is 0 Å². The molecule has 0 aliphatic carbocycles. The van der Waals surface area contributed by atoms with Crippen LogP contribution in [0.1, 0.15) is 40.2 Å². The smallest absolute Gasteiger partial charge is 0.293 e. The lowest BCUT2D eigenvalue weighted by Crippen LogP contribution is -2.38. The number of hydrogen-bond donors (Lipinski definition) is 0. The monoisotopic (exact) mass is 421 g/mol. The highest BCUT2D eigenvalue weighted by Gasteiger charge is 2.28. The molecule has 1 aliphatic heterocycles. The molecule has 0 N–H and O–H groups in total. The zero-order chi connectivity index (χ0) is 20.7. The fourth-order valence-corrected chi connectivity index (χ4v) is 4.98. The molecule has 1 aliphatic rings. The van der Waals surface area contributed by atoms with Crippen LogP contribution in [-0.2, 0) is 0 Å². The van der Waals surface area contributed by atoms with Crippen LogP contribution >= 0.6 is 11.3 Å². The average molecular weight is 422 g/mol. The molecule has 2 aromatic heterocycles. The Morgan fingerprint density at radius 3 is 2.53 bits per heavy atom. The van der Waals surface area contributed by atoms with Crippen LogP contribution < -0.4 is 0 Å². The summed E-state index contributed by atoms with van der Waals surface area (Å²) in [6, 6.07) is 14.2. The van der Waals surface area contributed by atoms with Crippen LogP contribution in [0.4, 0.5) is 4.39 Å². The Morgan fingerprint density at radius 1 is 1.07 bits per heavy atom. The molecule has 1 fully saturated rings. The maximum atomic E-state index is 13.2. The summed E-state index contributed by atoms with van der Waals surface area (Å²) in [5.41, 5.74) is 1.72. The largest absolute Gasteiger partial charge is 0.336 e. The number of carbonyl (C=O) groups is 1. The number of thiazole rings is 1. The van der Waals surface area contributed by atoms with Crippen LogP contribution in [0.25, 0.3) is 15.9 Å². The quantitative estimate of drug-likeness (QED) is 0.494. The van der Waals surface area contributed by atoms with Gasteiger partial charge < -0.3 is 4.90 Å². The predicted octanol–water partition coefficient (Wildman–Crippen LogP) is 4.34. The van der Waals surface area contributed by atoms with Crippen molar-refractivity contribution in [3.8, 4) is 5.69 Å². The number of fused-ring (bicyclic) bond motifs is 1. The number of aryl methyl sites for hydroxylation is 1. The van der Waals surface area contributed by atoms with Crippen molar-refractivity contribution >= 4 is 27.5 Å². The summed E-state index contributed by atoms with van der Waals surface area (Å²) < 4.78 is 16.0. The van der Waals surface area contributed by atoms with Gasteiger partial charge in [0.05, 0.1) is 20.9 Å². The molecule has 1 saturated heterocycles. The van der Waals surface area contributed by atoms with Crippen molar-refractivity contribution < 1.29 is 9.18 Å². The van der Waals surface area contributed by atoms with Gasteiger partial charge in [0.25, 0.3) is 5.91 Å². The second kappa shape index (κ2) is 7.60. The topological polar surface area (TPSA) is 63.9 Å². The van der Waals surface area contributed by atoms with Crippen molar-refractivity contribution in [2.75, 3.05) is 13.1 Å². The summed E-state index contributed by atoms with van der Waals surface area (Å²) in [6.07, 6.45) is 1.76. The Kier molecular flexibility index (Phi) is 4.78. The van der Waals surface area contributed by atoms with Gasteiger partial charge in [0.2, 0.25) is 5.82 Å². The molecule has 0 radical (unpaired) electrons. The van der Waals surface area contributed by atoms with Crippen molar-refractivity contribution in [3.05, 3.63) is 71.0 Å². The van der Waals surface area contributed by atoms with Gasteiger partial charge in [0.15, 0.2) is 0 Å². The number of halogens is 1. The molecule has 6 nitrogen and oxygen atoms in total. The minimum atomic E-state index is -0.316. The summed E-state index contributed by atoms with van der Waals surface area (Å²) in [5, 5.41) is 5.52. The fraction of sp³-hybridized carbons (Fsp3) is 0.273. The number of piperidine rings is 1. The number of benzene rings is 2. The molecule has 4 aromatic rings. The van der Waals surface area contributed by atoms with Crippen molar-refractivity contribution in [2.45, 2.75) is 25.7 Å². The van der Waals surface area contributed by atoms with E-state index in [-0.39, 0.29) is 17.5 Å².